The lowest BCUT2D eigenvalue weighted by Gasteiger charge is -2.46. The van der Waals surface area contributed by atoms with Crippen LogP contribution in [0.2, 0.25) is 0 Å². The van der Waals surface area contributed by atoms with Crippen molar-refractivity contribution in [2.45, 2.75) is 62.1 Å². The number of amides is 1. The second kappa shape index (κ2) is 9.76. The number of benzene rings is 2. The van der Waals surface area contributed by atoms with Crippen LogP contribution >= 0.6 is 0 Å². The van der Waals surface area contributed by atoms with Crippen LogP contribution in [0.5, 0.6) is 0 Å². The lowest BCUT2D eigenvalue weighted by atomic mass is 9.74. The predicted molar refractivity (Wildman–Crippen MR) is 132 cm³/mol. The van der Waals surface area contributed by atoms with Gasteiger partial charge in [-0.2, -0.15) is 0 Å². The fourth-order valence-corrected chi connectivity index (χ4v) is 6.27. The highest BCUT2D eigenvalue weighted by Gasteiger charge is 2.44. The van der Waals surface area contributed by atoms with E-state index in [1.807, 2.05) is 0 Å². The molecule has 2 saturated carbocycles. The summed E-state index contributed by atoms with van der Waals surface area (Å²) in [5, 5.41) is 3.49. The minimum Gasteiger partial charge on any atom is -0.353 e. The molecule has 4 heteroatoms. The first kappa shape index (κ1) is 23.0. The zero-order valence-electron chi connectivity index (χ0n) is 20.1. The first-order valence-corrected chi connectivity index (χ1v) is 12.2. The Morgan fingerprint density at radius 1 is 0.844 bits per heavy atom. The second-order valence-corrected chi connectivity index (χ2v) is 10.2. The van der Waals surface area contributed by atoms with Crippen molar-refractivity contribution in [2.75, 3.05) is 28.2 Å². The van der Waals surface area contributed by atoms with Gasteiger partial charge in [0.2, 0.25) is 5.91 Å². The third-order valence-electron chi connectivity index (χ3n) is 8.14. The number of carbonyl (C=O) groups is 1. The highest BCUT2D eigenvalue weighted by atomic mass is 16.2. The van der Waals surface area contributed by atoms with Gasteiger partial charge in [-0.1, -0.05) is 60.7 Å². The molecule has 0 bridgehead atoms. The van der Waals surface area contributed by atoms with Crippen molar-refractivity contribution < 1.29 is 4.79 Å². The molecular formula is C28H39N3O. The maximum atomic E-state index is 13.6. The molecule has 2 fully saturated rings. The van der Waals surface area contributed by atoms with Crippen molar-refractivity contribution in [1.29, 1.82) is 0 Å². The minimum atomic E-state index is 0.0158. The van der Waals surface area contributed by atoms with Crippen LogP contribution in [0.1, 0.15) is 55.6 Å². The van der Waals surface area contributed by atoms with E-state index in [1.54, 1.807) is 0 Å². The molecule has 4 nitrogen and oxygen atoms in total. The van der Waals surface area contributed by atoms with Gasteiger partial charge in [0.15, 0.2) is 0 Å². The molecule has 1 N–H and O–H groups in total. The van der Waals surface area contributed by atoms with Crippen LogP contribution in [0.3, 0.4) is 0 Å². The summed E-state index contributed by atoms with van der Waals surface area (Å²) < 4.78 is 0. The average Bonchev–Trinajstić information content (AvgIpc) is 3.26. The number of hydrogen-bond donors (Lipinski definition) is 1. The zero-order valence-corrected chi connectivity index (χ0v) is 20.1. The van der Waals surface area contributed by atoms with Crippen LogP contribution in [-0.4, -0.2) is 56.0 Å². The molecule has 3 atom stereocenters. The van der Waals surface area contributed by atoms with Crippen molar-refractivity contribution in [3.63, 3.8) is 0 Å². The lowest BCUT2D eigenvalue weighted by molar-refractivity contribution is -0.128. The van der Waals surface area contributed by atoms with Gasteiger partial charge in [-0.25, -0.2) is 0 Å². The third kappa shape index (κ3) is 4.49. The molecule has 4 rings (SSSR count). The summed E-state index contributed by atoms with van der Waals surface area (Å²) in [6.07, 6.45) is 6.33. The molecule has 2 aliphatic carbocycles. The Kier molecular flexibility index (Phi) is 7.02. The number of nitrogens with zero attached hydrogens (tertiary/aromatic N) is 2. The molecular weight excluding hydrogens is 394 g/mol. The molecule has 3 unspecified atom stereocenters. The number of hydrogen-bond acceptors (Lipinski definition) is 3. The summed E-state index contributed by atoms with van der Waals surface area (Å²) in [7, 11) is 8.61. The Morgan fingerprint density at radius 3 is 2.00 bits per heavy atom. The first-order valence-electron chi connectivity index (χ1n) is 12.2. The number of carbonyl (C=O) groups excluding carboxylic acids is 1. The third-order valence-corrected chi connectivity index (χ3v) is 8.14. The van der Waals surface area contributed by atoms with Gasteiger partial charge in [0.05, 0.1) is 5.92 Å². The van der Waals surface area contributed by atoms with E-state index in [1.165, 1.54) is 11.1 Å². The van der Waals surface area contributed by atoms with Gasteiger partial charge in [-0.15, -0.1) is 0 Å². The van der Waals surface area contributed by atoms with E-state index >= 15 is 0 Å². The summed E-state index contributed by atoms with van der Waals surface area (Å²) in [6, 6.07) is 22.1. The quantitative estimate of drug-likeness (QED) is 0.722. The predicted octanol–water partition coefficient (Wildman–Crippen LogP) is 4.63. The van der Waals surface area contributed by atoms with Crippen LogP contribution in [0.4, 0.5) is 0 Å². The monoisotopic (exact) mass is 433 g/mol. The molecule has 0 radical (unpaired) electrons. The number of rotatable bonds is 6. The average molecular weight is 434 g/mol. The SMILES string of the molecule is CN(C)C1CCC(c2ccccc2)C1C(=O)NC1CCC(c2ccccc2)(N(C)C)CC1. The molecule has 0 saturated heterocycles. The van der Waals surface area contributed by atoms with Gasteiger partial charge in [0.1, 0.15) is 0 Å². The summed E-state index contributed by atoms with van der Waals surface area (Å²) >= 11 is 0. The number of nitrogens with one attached hydrogen (secondary N) is 1. The van der Waals surface area contributed by atoms with E-state index in [0.717, 1.165) is 38.5 Å². The van der Waals surface area contributed by atoms with E-state index in [4.69, 9.17) is 0 Å². The Balaban J connectivity index is 1.46. The fraction of sp³-hybridized carbons (Fsp3) is 0.536. The van der Waals surface area contributed by atoms with Crippen LogP contribution < -0.4 is 5.32 Å². The van der Waals surface area contributed by atoms with Crippen molar-refractivity contribution >= 4 is 5.91 Å². The normalized spacial score (nSPS) is 30.6. The van der Waals surface area contributed by atoms with Gasteiger partial charge in [-0.3, -0.25) is 9.69 Å². The first-order chi connectivity index (χ1) is 15.4. The Bertz CT molecular complexity index is 872. The van der Waals surface area contributed by atoms with Gasteiger partial charge in [0.25, 0.3) is 0 Å². The largest absolute Gasteiger partial charge is 0.353 e. The van der Waals surface area contributed by atoms with Gasteiger partial charge in [0, 0.05) is 17.6 Å². The van der Waals surface area contributed by atoms with E-state index in [-0.39, 0.29) is 23.4 Å². The smallest absolute Gasteiger partial charge is 0.225 e. The maximum Gasteiger partial charge on any atom is 0.225 e. The Hall–Kier alpha value is -2.17. The van der Waals surface area contributed by atoms with Crippen molar-refractivity contribution in [1.82, 2.24) is 15.1 Å². The molecule has 0 spiro atoms. The molecule has 32 heavy (non-hydrogen) atoms. The Morgan fingerprint density at radius 2 is 1.44 bits per heavy atom. The zero-order chi connectivity index (χ0) is 22.7. The van der Waals surface area contributed by atoms with Crippen molar-refractivity contribution in [3.8, 4) is 0 Å². The van der Waals surface area contributed by atoms with Crippen molar-refractivity contribution in [3.05, 3.63) is 71.8 Å². The van der Waals surface area contributed by atoms with E-state index in [0.29, 0.717) is 12.0 Å². The summed E-state index contributed by atoms with van der Waals surface area (Å²) in [5.41, 5.74) is 2.76. The molecule has 0 aromatic heterocycles. The van der Waals surface area contributed by atoms with Crippen LogP contribution in [0.15, 0.2) is 60.7 Å². The van der Waals surface area contributed by atoms with Gasteiger partial charge >= 0.3 is 0 Å². The highest BCUT2D eigenvalue weighted by molar-refractivity contribution is 5.81. The summed E-state index contributed by atoms with van der Waals surface area (Å²) in [5.74, 6) is 0.566. The molecule has 2 aliphatic rings. The van der Waals surface area contributed by atoms with Gasteiger partial charge in [-0.05, 0) is 83.8 Å². The summed E-state index contributed by atoms with van der Waals surface area (Å²) in [4.78, 5) is 18.3. The van der Waals surface area contributed by atoms with Crippen molar-refractivity contribution in [2.24, 2.45) is 5.92 Å². The topological polar surface area (TPSA) is 35.6 Å². The molecule has 172 valence electrons. The molecule has 2 aromatic carbocycles. The Labute approximate surface area is 194 Å². The lowest BCUT2D eigenvalue weighted by Crippen LogP contribution is -2.51. The van der Waals surface area contributed by atoms with E-state index in [2.05, 4.69) is 104 Å². The highest BCUT2D eigenvalue weighted by Crippen LogP contribution is 2.43. The van der Waals surface area contributed by atoms with E-state index in [9.17, 15) is 4.79 Å². The van der Waals surface area contributed by atoms with Crippen LogP contribution in [0.25, 0.3) is 0 Å². The summed E-state index contributed by atoms with van der Waals surface area (Å²) in [6.45, 7) is 0. The molecule has 2 aromatic rings. The molecule has 0 aliphatic heterocycles. The van der Waals surface area contributed by atoms with Crippen LogP contribution in [0, 0.1) is 5.92 Å². The second-order valence-electron chi connectivity index (χ2n) is 10.2. The van der Waals surface area contributed by atoms with E-state index < -0.39 is 0 Å². The van der Waals surface area contributed by atoms with Crippen LogP contribution in [-0.2, 0) is 10.3 Å². The fourth-order valence-electron chi connectivity index (χ4n) is 6.27. The maximum absolute atomic E-state index is 13.6. The standard InChI is InChI=1S/C28H39N3O/c1-30(2)25-16-15-24(21-11-7-5-8-12-21)26(25)27(32)29-23-17-19-28(20-18-23,31(3)4)22-13-9-6-10-14-22/h5-14,23-26H,15-20H2,1-4H3,(H,29,32). The van der Waals surface area contributed by atoms with Gasteiger partial charge < -0.3 is 10.2 Å². The molecule has 1 amide bonds. The molecule has 0 heterocycles. The minimum absolute atomic E-state index is 0.0158.